The Hall–Kier alpha value is -6.12. The molecule has 8 spiro atoms. The maximum absolute atomic E-state index is 12.1. The van der Waals surface area contributed by atoms with Crippen LogP contribution in [0.3, 0.4) is 0 Å². The second-order valence-corrected chi connectivity index (χ2v) is 45.3. The van der Waals surface area contributed by atoms with E-state index in [-0.39, 0.29) is 17.7 Å². The predicted molar refractivity (Wildman–Crippen MR) is 470 cm³/mol. The average molecular weight is 1750 g/mol. The summed E-state index contributed by atoms with van der Waals surface area (Å²) < 4.78 is 43.7. The van der Waals surface area contributed by atoms with E-state index in [2.05, 4.69) is 92.2 Å². The highest BCUT2D eigenvalue weighted by Gasteiger charge is 2.72. The third-order valence-corrected chi connectivity index (χ3v) is 34.9. The van der Waals surface area contributed by atoms with Gasteiger partial charge in [-0.1, -0.05) is 102 Å². The Labute approximate surface area is 751 Å². The SMILES string of the molecule is CC(=O)CNC(=O)Oc1ccc([C@@H]2CCC[C@]3(C2)OOC2(O3)C3CC4CC(C3)CC2C4)cc1.CC(C)(C)CNC(=O)Oc1ccc([C@@H]2CCC[C@]3(C2)OOC2(O3)C3CC4CC(C3)CC2C4)cc1.CCCNC(=O)Oc1ccc([C@@H]2CCC[C@]3(C2)OOC2(O3)C3CC4CC(C3)CC2C4)cc1.CCCc1ccc([C@@H]2CCC[C@]3(C2)OOC2(O3)C3CC4CC(C3)CC2C4)cc1. The van der Waals surface area contributed by atoms with Crippen molar-refractivity contribution in [2.24, 2.45) is 100 Å². The largest absolute Gasteiger partial charge is 0.412 e. The second kappa shape index (κ2) is 35.0. The molecule has 22 heteroatoms. The molecule has 0 radical (unpaired) electrons. The first-order chi connectivity index (χ1) is 61.4. The van der Waals surface area contributed by atoms with Gasteiger partial charge in [-0.3, -0.25) is 4.79 Å². The van der Waals surface area contributed by atoms with Gasteiger partial charge in [0.15, 0.2) is 0 Å². The molecule has 0 unspecified atom stereocenters. The van der Waals surface area contributed by atoms with Gasteiger partial charge in [-0.15, -0.1) is 0 Å². The fourth-order valence-corrected chi connectivity index (χ4v) is 29.9. The summed E-state index contributed by atoms with van der Waals surface area (Å²) in [5.74, 6) is 9.62. The van der Waals surface area contributed by atoms with Crippen LogP contribution in [0.25, 0.3) is 0 Å². The molecule has 127 heavy (non-hydrogen) atoms. The quantitative estimate of drug-likeness (QED) is 0.0994. The summed E-state index contributed by atoms with van der Waals surface area (Å²) >= 11 is 0. The molecule has 3 amide bonds. The third kappa shape index (κ3) is 17.6. The van der Waals surface area contributed by atoms with Gasteiger partial charge in [-0.05, 0) is 340 Å². The van der Waals surface area contributed by atoms with Crippen LogP contribution in [0.1, 0.15) is 337 Å². The topological polar surface area (TPSA) is 243 Å². The Kier molecular flexibility index (Phi) is 24.2. The van der Waals surface area contributed by atoms with Crippen LogP contribution in [0.15, 0.2) is 97.1 Å². The molecule has 8 atom stereocenters. The van der Waals surface area contributed by atoms with Crippen LogP contribution in [0.4, 0.5) is 14.4 Å². The molecular formula is C105H141N3O19. The minimum absolute atomic E-state index is 0.0170. The molecule has 4 aromatic rings. The predicted octanol–water partition coefficient (Wildman–Crippen LogP) is 22.9. The number of Topliss-reactive ketones (excluding diaryl/α,β-unsaturated/α-hetero) is 1. The number of carbonyl (C=O) groups is 4. The van der Waals surface area contributed by atoms with Gasteiger partial charge < -0.3 is 49.1 Å². The number of benzene rings is 4. The second-order valence-electron chi connectivity index (χ2n) is 45.3. The molecule has 0 aromatic heterocycles. The van der Waals surface area contributed by atoms with Crippen molar-refractivity contribution in [1.29, 1.82) is 0 Å². The third-order valence-electron chi connectivity index (χ3n) is 34.9. The van der Waals surface area contributed by atoms with E-state index in [4.69, 9.17) is 72.3 Å². The van der Waals surface area contributed by atoms with Gasteiger partial charge in [0.1, 0.15) is 23.0 Å². The molecule has 4 saturated heterocycles. The number of hydrogen-bond donors (Lipinski definition) is 3. The lowest BCUT2D eigenvalue weighted by Gasteiger charge is -2.57. The summed E-state index contributed by atoms with van der Waals surface area (Å²) in [6, 6.07) is 32.7. The van der Waals surface area contributed by atoms with Gasteiger partial charge in [0.2, 0.25) is 46.3 Å². The fourth-order valence-electron chi connectivity index (χ4n) is 29.9. The Morgan fingerprint density at radius 2 is 0.598 bits per heavy atom. The molecule has 24 fully saturated rings. The molecule has 24 aliphatic rings. The monoisotopic (exact) mass is 1750 g/mol. The summed E-state index contributed by atoms with van der Waals surface area (Å²) in [5.41, 5.74) is 6.56. The zero-order valence-corrected chi connectivity index (χ0v) is 76.2. The summed E-state index contributed by atoms with van der Waals surface area (Å²) in [6.45, 7) is 13.1. The van der Waals surface area contributed by atoms with Crippen LogP contribution < -0.4 is 30.2 Å². The summed E-state index contributed by atoms with van der Waals surface area (Å²) in [5, 5.41) is 7.99. The number of ether oxygens (including phenoxy) is 7. The highest BCUT2D eigenvalue weighted by molar-refractivity contribution is 5.82. The number of hydrogen-bond acceptors (Lipinski definition) is 19. The van der Waals surface area contributed by atoms with Crippen LogP contribution in [-0.4, -0.2) is 90.0 Å². The smallest absolute Gasteiger partial charge is 0.410 e. The number of nitrogens with one attached hydrogen (secondary N) is 3. The molecular weight excluding hydrogens is 1610 g/mol. The molecule has 16 bridgehead atoms. The molecule has 690 valence electrons. The highest BCUT2D eigenvalue weighted by atomic mass is 17.3. The van der Waals surface area contributed by atoms with Crippen molar-refractivity contribution < 1.29 is 91.4 Å². The van der Waals surface area contributed by atoms with Crippen LogP contribution >= 0.6 is 0 Å². The Morgan fingerprint density at radius 1 is 0.339 bits per heavy atom. The van der Waals surface area contributed by atoms with E-state index in [1.807, 2.05) is 43.3 Å². The van der Waals surface area contributed by atoms with Gasteiger partial charge in [0, 0.05) is 112 Å². The van der Waals surface area contributed by atoms with Crippen molar-refractivity contribution in [2.45, 2.75) is 362 Å². The summed E-state index contributed by atoms with van der Waals surface area (Å²) in [7, 11) is 0. The lowest BCUT2D eigenvalue weighted by Crippen LogP contribution is -2.59. The first-order valence-electron chi connectivity index (χ1n) is 50.4. The van der Waals surface area contributed by atoms with E-state index < -0.39 is 64.6 Å². The number of carbonyl (C=O) groups excluding carboxylic acids is 4. The van der Waals surface area contributed by atoms with Crippen LogP contribution in [0.5, 0.6) is 17.2 Å². The van der Waals surface area contributed by atoms with Crippen molar-refractivity contribution >= 4 is 24.1 Å². The molecule has 20 aliphatic carbocycles. The molecule has 4 heterocycles. The lowest BCUT2D eigenvalue weighted by molar-refractivity contribution is -0.390. The Balaban J connectivity index is 0.000000103. The van der Waals surface area contributed by atoms with E-state index in [0.717, 1.165) is 150 Å². The number of rotatable bonds is 14. The summed E-state index contributed by atoms with van der Waals surface area (Å²) in [6.07, 6.45) is 43.2. The Morgan fingerprint density at radius 3 is 0.850 bits per heavy atom. The first-order valence-corrected chi connectivity index (χ1v) is 50.4. The standard InChI is InChI=1S/C28H39NO5.C26H33NO6.C26H35NO5.C25H34O3/c1-26(2,3)17-29-25(30)31-24-8-6-20(7-9-24)21-5-4-10-27(16-21)32-28(34-33-27)22-12-18-11-19(14-22)15-23(28)13-18;1-16(28)15-27-24(29)30-23-6-4-19(5-7-23)20-3-2-8-25(14-20)31-26(33-32-25)21-10-17-9-18(12-21)13-22(26)11-17;1-2-10-27-24(28)29-23-7-5-19(6-8-23)20-4-3-9-25(16-20)30-26(32-31-25)21-12-17-11-18(14-21)15-22(26)13-17;1-2-4-17-6-8-20(9-7-17)21-5-3-10-24(16-21)26-25(28-27-24)22-12-18-11-19(14-22)15-23(25)13-18/h6-9,18-19,21-23H,4-5,10-17H2,1-3H3,(H,29,30);4-7,17-18,20-22H,2-3,8-15H2,1H3,(H,27,29);5-8,17-18,20-22H,2-4,9-16H2,1H3,(H,27,28);6-9,18-19,21-23H,2-5,10-16H2,1H3/t18?,19?,21-,22?,23?,27-,28?;2*17?,18?,20-,21?,22?,25-,26?;18?,19?,21-,22?,23?,24-,25?/m1111/s1. The van der Waals surface area contributed by atoms with Gasteiger partial charge in [0.05, 0.1) is 6.54 Å². The molecule has 28 rings (SSSR count). The van der Waals surface area contributed by atoms with E-state index >= 15 is 0 Å². The fraction of sp³-hybridized carbons (Fsp3) is 0.733. The summed E-state index contributed by atoms with van der Waals surface area (Å²) in [4.78, 5) is 96.0. The van der Waals surface area contributed by atoms with Crippen molar-refractivity contribution in [3.63, 3.8) is 0 Å². The maximum atomic E-state index is 12.1. The highest BCUT2D eigenvalue weighted by Crippen LogP contribution is 2.70. The lowest BCUT2D eigenvalue weighted by atomic mass is 9.53. The molecule has 3 N–H and O–H groups in total. The molecule has 4 aliphatic heterocycles. The first kappa shape index (κ1) is 87.5. The minimum atomic E-state index is -0.653. The zero-order valence-electron chi connectivity index (χ0n) is 76.2. The van der Waals surface area contributed by atoms with E-state index in [0.29, 0.717) is 101 Å². The van der Waals surface area contributed by atoms with Crippen molar-refractivity contribution in [3.8, 4) is 17.2 Å². The molecule has 4 aromatic carbocycles. The molecule has 20 saturated carbocycles. The average Bonchev–Trinajstić information content (AvgIpc) is 1.70. The molecule has 22 nitrogen and oxygen atoms in total. The van der Waals surface area contributed by atoms with Crippen molar-refractivity contribution in [1.82, 2.24) is 16.0 Å². The number of aryl methyl sites for hydroxylation is 1. The van der Waals surface area contributed by atoms with Crippen molar-refractivity contribution in [3.05, 3.63) is 125 Å². The van der Waals surface area contributed by atoms with Gasteiger partial charge >= 0.3 is 18.3 Å². The van der Waals surface area contributed by atoms with Crippen LogP contribution in [-0.2, 0) is 69.3 Å². The van der Waals surface area contributed by atoms with Crippen LogP contribution in [0.2, 0.25) is 0 Å². The van der Waals surface area contributed by atoms with Gasteiger partial charge in [0.25, 0.3) is 0 Å². The number of ketones is 1. The number of amides is 3. The normalized spacial score (nSPS) is 42.4. The van der Waals surface area contributed by atoms with Gasteiger partial charge in [-0.25, -0.2) is 14.4 Å². The minimum Gasteiger partial charge on any atom is -0.410 e. The van der Waals surface area contributed by atoms with E-state index in [9.17, 15) is 19.2 Å². The Bertz CT molecular complexity index is 4460. The maximum Gasteiger partial charge on any atom is 0.412 e. The zero-order chi connectivity index (χ0) is 86.7. The van der Waals surface area contributed by atoms with E-state index in [1.54, 1.807) is 12.1 Å². The van der Waals surface area contributed by atoms with E-state index in [1.165, 1.54) is 182 Å². The van der Waals surface area contributed by atoms with Crippen LogP contribution in [0, 0.1) is 100 Å². The van der Waals surface area contributed by atoms with Crippen molar-refractivity contribution in [2.75, 3.05) is 19.6 Å². The van der Waals surface area contributed by atoms with Gasteiger partial charge in [-0.2, -0.15) is 39.1 Å².